The summed E-state index contributed by atoms with van der Waals surface area (Å²) < 4.78 is 29.3. The highest BCUT2D eigenvalue weighted by molar-refractivity contribution is 7.92. The average Bonchev–Trinajstić information content (AvgIpc) is 2.94. The van der Waals surface area contributed by atoms with Crippen LogP contribution in [0.15, 0.2) is 59.4 Å². The second kappa shape index (κ2) is 9.22. The first-order valence-corrected chi connectivity index (χ1v) is 12.2. The summed E-state index contributed by atoms with van der Waals surface area (Å²) in [6.45, 7) is 3.41. The lowest BCUT2D eigenvalue weighted by Crippen LogP contribution is -2.47. The number of nitrogens with one attached hydrogen (secondary N) is 1. The van der Waals surface area contributed by atoms with Gasteiger partial charge in [0.1, 0.15) is 11.7 Å². The summed E-state index contributed by atoms with van der Waals surface area (Å²) in [5.41, 5.74) is 1.14. The van der Waals surface area contributed by atoms with Crippen molar-refractivity contribution in [3.05, 3.63) is 75.7 Å². The van der Waals surface area contributed by atoms with Gasteiger partial charge in [-0.05, 0) is 43.7 Å². The van der Waals surface area contributed by atoms with Crippen LogP contribution in [0.25, 0.3) is 5.69 Å². The van der Waals surface area contributed by atoms with E-state index in [2.05, 4.69) is 5.32 Å². The third kappa shape index (κ3) is 4.58. The van der Waals surface area contributed by atoms with Crippen LogP contribution in [0.5, 0.6) is 0 Å². The topological polar surface area (TPSA) is 93.4 Å². The van der Waals surface area contributed by atoms with E-state index in [9.17, 15) is 18.0 Å². The minimum Gasteiger partial charge on any atom is -0.318 e. The number of hydrogen-bond acceptors (Lipinski definition) is 4. The molecule has 0 bridgehead atoms. The maximum Gasteiger partial charge on any atom is 0.295 e. The molecule has 3 aromatic rings. The molecule has 0 aliphatic rings. The maximum absolute atomic E-state index is 13.2. The number of halogens is 1. The fourth-order valence-electron chi connectivity index (χ4n) is 3.59. The van der Waals surface area contributed by atoms with Crippen molar-refractivity contribution in [3.8, 4) is 5.69 Å². The second-order valence-electron chi connectivity index (χ2n) is 7.39. The number of hydrogen-bond donors (Lipinski definition) is 1. The molecule has 2 aromatic carbocycles. The molecule has 1 heterocycles. The molecular weight excluding hydrogens is 452 g/mol. The minimum atomic E-state index is -3.82. The standard InChI is InChI=1S/C22H25ClN4O4S/c1-5-19(27(32(4,30)31)18-13-9-10-16(23)14-18)21(28)24-20-15(2)25(3)26(22(20)29)17-11-7-6-8-12-17/h6-14,19H,5H2,1-4H3,(H,24,28)/t19-/m1/s1. The van der Waals surface area contributed by atoms with Crippen LogP contribution in [0.2, 0.25) is 5.02 Å². The third-order valence-corrected chi connectivity index (χ3v) is 6.61. The molecule has 0 fully saturated rings. The van der Waals surface area contributed by atoms with Crippen LogP contribution in [0, 0.1) is 6.92 Å². The lowest BCUT2D eigenvalue weighted by Gasteiger charge is -2.30. The maximum atomic E-state index is 13.2. The van der Waals surface area contributed by atoms with Crippen LogP contribution in [0.3, 0.4) is 0 Å². The summed E-state index contributed by atoms with van der Waals surface area (Å²) in [4.78, 5) is 26.4. The summed E-state index contributed by atoms with van der Waals surface area (Å²) in [5.74, 6) is -0.607. The van der Waals surface area contributed by atoms with Crippen LogP contribution in [-0.4, -0.2) is 36.0 Å². The lowest BCUT2D eigenvalue weighted by molar-refractivity contribution is -0.117. The zero-order chi connectivity index (χ0) is 23.6. The molecule has 0 aliphatic heterocycles. The van der Waals surface area contributed by atoms with Gasteiger partial charge in [0.25, 0.3) is 5.56 Å². The first-order chi connectivity index (χ1) is 15.1. The Hall–Kier alpha value is -3.04. The van der Waals surface area contributed by atoms with Crippen molar-refractivity contribution in [1.29, 1.82) is 0 Å². The highest BCUT2D eigenvalue weighted by Gasteiger charge is 2.33. The number of anilines is 2. The Labute approximate surface area is 192 Å². The number of amides is 1. The lowest BCUT2D eigenvalue weighted by atomic mass is 10.2. The van der Waals surface area contributed by atoms with Crippen molar-refractivity contribution in [3.63, 3.8) is 0 Å². The minimum absolute atomic E-state index is 0.0966. The highest BCUT2D eigenvalue weighted by atomic mass is 35.5. The molecule has 3 rings (SSSR count). The van der Waals surface area contributed by atoms with E-state index in [4.69, 9.17) is 11.6 Å². The molecule has 32 heavy (non-hydrogen) atoms. The molecule has 1 N–H and O–H groups in total. The van der Waals surface area contributed by atoms with E-state index >= 15 is 0 Å². The monoisotopic (exact) mass is 476 g/mol. The molecule has 8 nitrogen and oxygen atoms in total. The zero-order valence-electron chi connectivity index (χ0n) is 18.2. The molecule has 0 saturated heterocycles. The fourth-order valence-corrected chi connectivity index (χ4v) is 4.98. The molecular formula is C22H25ClN4O4S. The van der Waals surface area contributed by atoms with E-state index in [1.165, 1.54) is 10.7 Å². The molecule has 0 aliphatic carbocycles. The van der Waals surface area contributed by atoms with E-state index in [1.807, 2.05) is 18.2 Å². The van der Waals surface area contributed by atoms with Crippen molar-refractivity contribution in [2.24, 2.45) is 7.05 Å². The van der Waals surface area contributed by atoms with E-state index in [-0.39, 0.29) is 17.8 Å². The van der Waals surface area contributed by atoms with Gasteiger partial charge in [-0.15, -0.1) is 0 Å². The summed E-state index contributed by atoms with van der Waals surface area (Å²) in [7, 11) is -2.11. The molecule has 0 saturated carbocycles. The number of carbonyl (C=O) groups excluding carboxylic acids is 1. The average molecular weight is 477 g/mol. The van der Waals surface area contributed by atoms with Gasteiger partial charge in [0.05, 0.1) is 23.3 Å². The van der Waals surface area contributed by atoms with Gasteiger partial charge in [0.15, 0.2) is 0 Å². The number of nitrogens with zero attached hydrogens (tertiary/aromatic N) is 3. The molecule has 170 valence electrons. The summed E-state index contributed by atoms with van der Waals surface area (Å²) in [6, 6.07) is 14.2. The summed E-state index contributed by atoms with van der Waals surface area (Å²) in [6.07, 6.45) is 1.21. The van der Waals surface area contributed by atoms with Crippen molar-refractivity contribution in [1.82, 2.24) is 9.36 Å². The SMILES string of the molecule is CC[C@H](C(=O)Nc1c(C)n(C)n(-c2ccccc2)c1=O)N(c1cccc(Cl)c1)S(C)(=O)=O. The van der Waals surface area contributed by atoms with Crippen molar-refractivity contribution in [2.45, 2.75) is 26.3 Å². The third-order valence-electron chi connectivity index (χ3n) is 5.19. The Kier molecular flexibility index (Phi) is 6.80. The van der Waals surface area contributed by atoms with Crippen molar-refractivity contribution in [2.75, 3.05) is 15.9 Å². The Bertz CT molecular complexity index is 1300. The van der Waals surface area contributed by atoms with E-state index in [1.54, 1.807) is 55.9 Å². The van der Waals surface area contributed by atoms with Crippen LogP contribution in [0.1, 0.15) is 19.0 Å². The van der Waals surface area contributed by atoms with Gasteiger partial charge >= 0.3 is 0 Å². The van der Waals surface area contributed by atoms with Gasteiger partial charge < -0.3 is 5.32 Å². The predicted molar refractivity (Wildman–Crippen MR) is 127 cm³/mol. The largest absolute Gasteiger partial charge is 0.318 e. The Morgan fingerprint density at radius 3 is 2.38 bits per heavy atom. The molecule has 0 unspecified atom stereocenters. The Morgan fingerprint density at radius 1 is 1.16 bits per heavy atom. The van der Waals surface area contributed by atoms with Crippen LogP contribution < -0.4 is 15.2 Å². The molecule has 1 amide bonds. The number of benzene rings is 2. The van der Waals surface area contributed by atoms with Crippen LogP contribution >= 0.6 is 11.6 Å². The predicted octanol–water partition coefficient (Wildman–Crippen LogP) is 3.32. The first kappa shape index (κ1) is 23.6. The number of rotatable bonds is 7. The number of carbonyl (C=O) groups is 1. The van der Waals surface area contributed by atoms with Crippen LogP contribution in [0.4, 0.5) is 11.4 Å². The van der Waals surface area contributed by atoms with Crippen molar-refractivity contribution >= 4 is 38.9 Å². The molecule has 10 heteroatoms. The van der Waals surface area contributed by atoms with E-state index < -0.39 is 27.5 Å². The normalized spacial score (nSPS) is 12.4. The second-order valence-corrected chi connectivity index (χ2v) is 9.68. The van der Waals surface area contributed by atoms with Gasteiger partial charge in [-0.3, -0.25) is 18.6 Å². The molecule has 0 radical (unpaired) electrons. The van der Waals surface area contributed by atoms with Gasteiger partial charge in [0.2, 0.25) is 15.9 Å². The molecule has 1 aromatic heterocycles. The molecule has 1 atom stereocenters. The van der Waals surface area contributed by atoms with E-state index in [0.717, 1.165) is 10.6 Å². The fraction of sp³-hybridized carbons (Fsp3) is 0.273. The summed E-state index contributed by atoms with van der Waals surface area (Å²) >= 11 is 6.05. The number of aromatic nitrogens is 2. The summed E-state index contributed by atoms with van der Waals surface area (Å²) in [5, 5.41) is 3.01. The number of para-hydroxylation sites is 1. The Balaban J connectivity index is 2.02. The van der Waals surface area contributed by atoms with Gasteiger partial charge in [-0.25, -0.2) is 13.1 Å². The van der Waals surface area contributed by atoms with Gasteiger partial charge in [-0.2, -0.15) is 0 Å². The van der Waals surface area contributed by atoms with Crippen LogP contribution in [-0.2, 0) is 21.9 Å². The van der Waals surface area contributed by atoms with Crippen molar-refractivity contribution < 1.29 is 13.2 Å². The van der Waals surface area contributed by atoms with Gasteiger partial charge in [0, 0.05) is 12.1 Å². The van der Waals surface area contributed by atoms with E-state index in [0.29, 0.717) is 16.4 Å². The number of sulfonamides is 1. The molecule has 0 spiro atoms. The Morgan fingerprint density at radius 2 is 1.81 bits per heavy atom. The van der Waals surface area contributed by atoms with Gasteiger partial charge in [-0.1, -0.05) is 42.8 Å². The highest BCUT2D eigenvalue weighted by Crippen LogP contribution is 2.26. The zero-order valence-corrected chi connectivity index (χ0v) is 19.8. The quantitative estimate of drug-likeness (QED) is 0.566. The first-order valence-electron chi connectivity index (χ1n) is 9.96. The smallest absolute Gasteiger partial charge is 0.295 e.